The maximum absolute atomic E-state index is 11.3. The van der Waals surface area contributed by atoms with Crippen LogP contribution in [0, 0.1) is 5.41 Å². The zero-order chi connectivity index (χ0) is 10.8. The number of nitrogens with zero attached hydrogens (tertiary/aromatic N) is 1. The number of rotatable bonds is 3. The van der Waals surface area contributed by atoms with E-state index < -0.39 is 5.41 Å². The van der Waals surface area contributed by atoms with E-state index in [1.165, 1.54) is 0 Å². The third-order valence-corrected chi connectivity index (χ3v) is 2.07. The monoisotopic (exact) mass is 201 g/mol. The summed E-state index contributed by atoms with van der Waals surface area (Å²) in [4.78, 5) is 23.7. The topological polar surface area (TPSA) is 66.8 Å². The van der Waals surface area contributed by atoms with Crippen molar-refractivity contribution in [3.8, 4) is 0 Å². The molecule has 0 atom stereocenters. The molecule has 1 fully saturated rings. The first-order valence-corrected chi connectivity index (χ1v) is 4.48. The van der Waals surface area contributed by atoms with Crippen molar-refractivity contribution < 1.29 is 19.4 Å². The van der Waals surface area contributed by atoms with Crippen molar-refractivity contribution in [3.05, 3.63) is 0 Å². The molecule has 1 rings (SSSR count). The van der Waals surface area contributed by atoms with Crippen LogP contribution in [-0.2, 0) is 14.3 Å². The molecule has 0 bridgehead atoms. The van der Waals surface area contributed by atoms with Gasteiger partial charge in [0, 0.05) is 18.6 Å². The lowest BCUT2D eigenvalue weighted by molar-refractivity contribution is -0.160. The lowest BCUT2D eigenvalue weighted by atomic mass is 9.94. The highest BCUT2D eigenvalue weighted by atomic mass is 16.5. The standard InChI is InChI=1S/C9H15NO4/c1-9(2,6-11)5-10-7(12)3-14-4-8(10)13/h11H,3-6H2,1-2H3. The van der Waals surface area contributed by atoms with Crippen LogP contribution in [0.25, 0.3) is 0 Å². The highest BCUT2D eigenvalue weighted by molar-refractivity contribution is 5.98. The fourth-order valence-electron chi connectivity index (χ4n) is 1.17. The van der Waals surface area contributed by atoms with E-state index in [-0.39, 0.29) is 38.2 Å². The third-order valence-electron chi connectivity index (χ3n) is 2.07. The molecule has 1 aliphatic heterocycles. The molecule has 0 spiro atoms. The van der Waals surface area contributed by atoms with Gasteiger partial charge in [-0.05, 0) is 0 Å². The summed E-state index contributed by atoms with van der Waals surface area (Å²) in [6.07, 6.45) is 0. The number of hydrogen-bond acceptors (Lipinski definition) is 4. The van der Waals surface area contributed by atoms with Gasteiger partial charge in [-0.3, -0.25) is 14.5 Å². The quantitative estimate of drug-likeness (QED) is 0.618. The van der Waals surface area contributed by atoms with Crippen molar-refractivity contribution in [3.63, 3.8) is 0 Å². The predicted octanol–water partition coefficient (Wildman–Crippen LogP) is -0.610. The fourth-order valence-corrected chi connectivity index (χ4v) is 1.17. The van der Waals surface area contributed by atoms with Gasteiger partial charge in [-0.2, -0.15) is 0 Å². The number of imide groups is 1. The second-order valence-electron chi connectivity index (χ2n) is 4.19. The molecule has 5 heteroatoms. The number of aliphatic hydroxyl groups excluding tert-OH is 1. The Bertz CT molecular complexity index is 233. The van der Waals surface area contributed by atoms with Gasteiger partial charge in [0.25, 0.3) is 11.8 Å². The number of carbonyl (C=O) groups excluding carboxylic acids is 2. The Morgan fingerprint density at radius 2 is 1.86 bits per heavy atom. The van der Waals surface area contributed by atoms with Crippen molar-refractivity contribution in [2.45, 2.75) is 13.8 Å². The summed E-state index contributed by atoms with van der Waals surface area (Å²) in [6.45, 7) is 3.67. The Labute approximate surface area is 82.6 Å². The molecule has 80 valence electrons. The second kappa shape index (κ2) is 4.06. The van der Waals surface area contributed by atoms with Crippen LogP contribution in [0.3, 0.4) is 0 Å². The van der Waals surface area contributed by atoms with Crippen LogP contribution in [0.2, 0.25) is 0 Å². The smallest absolute Gasteiger partial charge is 0.255 e. The van der Waals surface area contributed by atoms with Gasteiger partial charge < -0.3 is 9.84 Å². The summed E-state index contributed by atoms with van der Waals surface area (Å²) in [7, 11) is 0. The van der Waals surface area contributed by atoms with E-state index in [0.29, 0.717) is 0 Å². The number of carbonyl (C=O) groups is 2. The summed E-state index contributed by atoms with van der Waals surface area (Å²) in [5.74, 6) is -0.662. The molecule has 5 nitrogen and oxygen atoms in total. The Kier molecular flexibility index (Phi) is 3.23. The minimum atomic E-state index is -0.456. The molecule has 0 aromatic heterocycles. The SMILES string of the molecule is CC(C)(CO)CN1C(=O)COCC1=O. The van der Waals surface area contributed by atoms with Gasteiger partial charge in [0.2, 0.25) is 0 Å². The van der Waals surface area contributed by atoms with E-state index in [0.717, 1.165) is 4.90 Å². The summed E-state index contributed by atoms with van der Waals surface area (Å²) in [6, 6.07) is 0. The van der Waals surface area contributed by atoms with Crippen molar-refractivity contribution in [1.82, 2.24) is 4.90 Å². The molecule has 0 unspecified atom stereocenters. The molecule has 1 N–H and O–H groups in total. The molecule has 14 heavy (non-hydrogen) atoms. The number of hydrogen-bond donors (Lipinski definition) is 1. The molecule has 2 amide bonds. The second-order valence-corrected chi connectivity index (χ2v) is 4.19. The van der Waals surface area contributed by atoms with Gasteiger partial charge in [-0.25, -0.2) is 0 Å². The average molecular weight is 201 g/mol. The van der Waals surface area contributed by atoms with Gasteiger partial charge >= 0.3 is 0 Å². The van der Waals surface area contributed by atoms with Gasteiger partial charge in [-0.1, -0.05) is 13.8 Å². The van der Waals surface area contributed by atoms with E-state index in [1.807, 2.05) is 0 Å². The number of ether oxygens (including phenoxy) is 1. The molecule has 1 heterocycles. The van der Waals surface area contributed by atoms with E-state index >= 15 is 0 Å². The highest BCUT2D eigenvalue weighted by Crippen LogP contribution is 2.17. The number of amides is 2. The summed E-state index contributed by atoms with van der Waals surface area (Å²) >= 11 is 0. The summed E-state index contributed by atoms with van der Waals surface area (Å²) in [5, 5.41) is 9.02. The van der Waals surface area contributed by atoms with Gasteiger partial charge in [0.1, 0.15) is 13.2 Å². The summed E-state index contributed by atoms with van der Waals surface area (Å²) in [5.41, 5.74) is -0.456. The first-order valence-electron chi connectivity index (χ1n) is 4.48. The predicted molar refractivity (Wildman–Crippen MR) is 48.4 cm³/mol. The van der Waals surface area contributed by atoms with E-state index in [9.17, 15) is 9.59 Å². The minimum absolute atomic E-state index is 0.0484. The maximum atomic E-state index is 11.3. The first-order chi connectivity index (χ1) is 6.46. The molecule has 0 saturated carbocycles. The highest BCUT2D eigenvalue weighted by Gasteiger charge is 2.31. The lowest BCUT2D eigenvalue weighted by Gasteiger charge is -2.32. The molecular weight excluding hydrogens is 186 g/mol. The van der Waals surface area contributed by atoms with Crippen LogP contribution in [0.15, 0.2) is 0 Å². The van der Waals surface area contributed by atoms with E-state index in [2.05, 4.69) is 0 Å². The Balaban J connectivity index is 2.65. The molecule has 1 aliphatic rings. The normalized spacial score (nSPS) is 18.9. The lowest BCUT2D eigenvalue weighted by Crippen LogP contribution is -2.50. The molecule has 0 aromatic carbocycles. The van der Waals surface area contributed by atoms with Crippen LogP contribution in [0.4, 0.5) is 0 Å². The molecule has 0 aliphatic carbocycles. The zero-order valence-electron chi connectivity index (χ0n) is 8.45. The molecule has 1 saturated heterocycles. The van der Waals surface area contributed by atoms with Gasteiger partial charge in [0.15, 0.2) is 0 Å². The van der Waals surface area contributed by atoms with Gasteiger partial charge in [-0.15, -0.1) is 0 Å². The minimum Gasteiger partial charge on any atom is -0.396 e. The van der Waals surface area contributed by atoms with Crippen molar-refractivity contribution in [2.75, 3.05) is 26.4 Å². The van der Waals surface area contributed by atoms with Crippen molar-refractivity contribution in [2.24, 2.45) is 5.41 Å². The first kappa shape index (κ1) is 11.1. The van der Waals surface area contributed by atoms with Crippen LogP contribution in [-0.4, -0.2) is 48.2 Å². The van der Waals surface area contributed by atoms with Crippen LogP contribution >= 0.6 is 0 Å². The van der Waals surface area contributed by atoms with Crippen LogP contribution in [0.5, 0.6) is 0 Å². The Morgan fingerprint density at radius 1 is 1.36 bits per heavy atom. The fraction of sp³-hybridized carbons (Fsp3) is 0.778. The third kappa shape index (κ3) is 2.52. The largest absolute Gasteiger partial charge is 0.396 e. The average Bonchev–Trinajstić information content (AvgIpc) is 2.12. The molecular formula is C9H15NO4. The van der Waals surface area contributed by atoms with E-state index in [1.54, 1.807) is 13.8 Å². The Hall–Kier alpha value is -0.940. The van der Waals surface area contributed by atoms with Crippen LogP contribution < -0.4 is 0 Å². The van der Waals surface area contributed by atoms with Crippen LogP contribution in [0.1, 0.15) is 13.8 Å². The van der Waals surface area contributed by atoms with Gasteiger partial charge in [0.05, 0.1) is 0 Å². The maximum Gasteiger partial charge on any atom is 0.255 e. The van der Waals surface area contributed by atoms with E-state index in [4.69, 9.17) is 9.84 Å². The number of aliphatic hydroxyl groups is 1. The van der Waals surface area contributed by atoms with Crippen molar-refractivity contribution in [1.29, 1.82) is 0 Å². The summed E-state index contributed by atoms with van der Waals surface area (Å²) < 4.78 is 4.77. The van der Waals surface area contributed by atoms with Crippen molar-refractivity contribution >= 4 is 11.8 Å². The Morgan fingerprint density at radius 3 is 2.29 bits per heavy atom. The zero-order valence-corrected chi connectivity index (χ0v) is 8.45. The molecule has 0 radical (unpaired) electrons. The number of morpholine rings is 1. The molecule has 0 aromatic rings.